The fourth-order valence-corrected chi connectivity index (χ4v) is 12.1. The molecule has 0 unspecified atom stereocenters. The highest BCUT2D eigenvalue weighted by atomic mass is 31.2. The maximum Gasteiger partial charge on any atom is 0.171 e. The Balaban J connectivity index is 0.971. The van der Waals surface area contributed by atoms with Crippen molar-refractivity contribution in [3.63, 3.8) is 0 Å². The molecule has 10 aromatic carbocycles. The Bertz CT molecular complexity index is 3710. The second kappa shape index (κ2) is 15.4. The van der Waals surface area contributed by atoms with Crippen LogP contribution in [0.5, 0.6) is 0 Å². The van der Waals surface area contributed by atoms with Gasteiger partial charge in [-0.1, -0.05) is 164 Å². The summed E-state index contributed by atoms with van der Waals surface area (Å²) in [5, 5.41) is 10.00. The number of hydrogen-bond donors (Lipinski definition) is 0. The van der Waals surface area contributed by atoms with Crippen molar-refractivity contribution >= 4 is 94.5 Å². The first kappa shape index (κ1) is 37.7. The summed E-state index contributed by atoms with van der Waals surface area (Å²) in [4.78, 5) is 7.71. The molecule has 302 valence electrons. The van der Waals surface area contributed by atoms with Gasteiger partial charge in [-0.05, 0) is 94.7 Å². The molecule has 2 aromatic heterocycles. The van der Waals surface area contributed by atoms with E-state index in [1.54, 1.807) is 0 Å². The van der Waals surface area contributed by atoms with E-state index < -0.39 is 7.14 Å². The first-order valence-electron chi connectivity index (χ1n) is 21.5. The predicted molar refractivity (Wildman–Crippen MR) is 269 cm³/mol. The van der Waals surface area contributed by atoms with E-state index in [4.69, 9.17) is 9.40 Å². The van der Waals surface area contributed by atoms with E-state index in [0.29, 0.717) is 0 Å². The van der Waals surface area contributed by atoms with Crippen LogP contribution in [0.25, 0.3) is 76.8 Å². The van der Waals surface area contributed by atoms with Crippen molar-refractivity contribution in [3.8, 4) is 22.4 Å². The Morgan fingerprint density at radius 1 is 0.375 bits per heavy atom. The van der Waals surface area contributed by atoms with E-state index in [1.807, 2.05) is 84.9 Å². The van der Waals surface area contributed by atoms with E-state index >= 15 is 4.57 Å². The zero-order valence-corrected chi connectivity index (χ0v) is 35.6. The Morgan fingerprint density at radius 3 is 1.77 bits per heavy atom. The second-order valence-electron chi connectivity index (χ2n) is 16.2. The fourth-order valence-electron chi connectivity index (χ4n) is 9.43. The number of hydrogen-bond acceptors (Lipinski definition) is 4. The third-order valence-electron chi connectivity index (χ3n) is 12.5. The molecule has 0 atom stereocenters. The summed E-state index contributed by atoms with van der Waals surface area (Å²) < 4.78 is 21.8. The van der Waals surface area contributed by atoms with Gasteiger partial charge < -0.3 is 13.9 Å². The SMILES string of the molecule is O=P(c1ccccc1)(c1ccccc1)c1ccc2nc(-c3cccc(-c4ccc(N(c5ccccc5)c5ccc6oc7ccccc7c6c5)cc4)c3)c3ccc4ccccc4c3c2c1. The summed E-state index contributed by atoms with van der Waals surface area (Å²) in [5.74, 6) is 0. The Labute approximate surface area is 370 Å². The van der Waals surface area contributed by atoms with Gasteiger partial charge >= 0.3 is 0 Å². The second-order valence-corrected chi connectivity index (χ2v) is 19.0. The summed E-state index contributed by atoms with van der Waals surface area (Å²) >= 11 is 0. The molecule has 12 aromatic rings. The number of furan rings is 1. The molecule has 0 fully saturated rings. The van der Waals surface area contributed by atoms with Gasteiger partial charge in [0.15, 0.2) is 7.14 Å². The molecule has 5 heteroatoms. The van der Waals surface area contributed by atoms with Crippen molar-refractivity contribution < 1.29 is 8.98 Å². The standard InChI is InChI=1S/C59H39N2O2P/c62-64(47-20-6-2-7-21-47,48-22-8-3-9-23-48)49-33-35-55-54(39-49)58-50-24-11-10-15-41(50)29-34-52(58)59(60-55)43-17-14-16-42(37-43)40-27-30-45(31-28-40)61(44-18-4-1-5-19-44)46-32-36-57-53(38-46)51-25-12-13-26-56(51)63-57/h1-39H. The van der Waals surface area contributed by atoms with E-state index in [0.717, 1.165) is 110 Å². The van der Waals surface area contributed by atoms with Crippen LogP contribution in [0.3, 0.4) is 0 Å². The lowest BCUT2D eigenvalue weighted by atomic mass is 9.94. The molecule has 0 spiro atoms. The minimum absolute atomic E-state index is 0.785. The molecule has 64 heavy (non-hydrogen) atoms. The molecule has 0 aliphatic rings. The van der Waals surface area contributed by atoms with Crippen LogP contribution in [0.1, 0.15) is 0 Å². The quantitative estimate of drug-likeness (QED) is 0.113. The molecule has 0 radical (unpaired) electrons. The number of benzene rings is 10. The van der Waals surface area contributed by atoms with Crippen molar-refractivity contribution in [2.24, 2.45) is 0 Å². The summed E-state index contributed by atoms with van der Waals surface area (Å²) in [7, 11) is -3.23. The van der Waals surface area contributed by atoms with Crippen molar-refractivity contribution in [2.75, 3.05) is 4.90 Å². The van der Waals surface area contributed by atoms with Crippen molar-refractivity contribution in [2.45, 2.75) is 0 Å². The van der Waals surface area contributed by atoms with Gasteiger partial charge in [-0.25, -0.2) is 4.98 Å². The normalized spacial score (nSPS) is 11.8. The zero-order chi connectivity index (χ0) is 42.6. The van der Waals surface area contributed by atoms with Crippen molar-refractivity contribution in [1.82, 2.24) is 4.98 Å². The lowest BCUT2D eigenvalue weighted by Gasteiger charge is -2.25. The first-order valence-corrected chi connectivity index (χ1v) is 23.3. The fraction of sp³-hybridized carbons (Fsp3) is 0. The maximum absolute atomic E-state index is 15.6. The average Bonchev–Trinajstić information content (AvgIpc) is 3.75. The van der Waals surface area contributed by atoms with Gasteiger partial charge in [0, 0.05) is 65.5 Å². The largest absolute Gasteiger partial charge is 0.456 e. The van der Waals surface area contributed by atoms with Crippen LogP contribution in [0.4, 0.5) is 17.1 Å². The van der Waals surface area contributed by atoms with E-state index in [9.17, 15) is 0 Å². The van der Waals surface area contributed by atoms with Crippen LogP contribution in [0, 0.1) is 0 Å². The Morgan fingerprint density at radius 2 is 1.00 bits per heavy atom. The lowest BCUT2D eigenvalue weighted by Crippen LogP contribution is -2.25. The van der Waals surface area contributed by atoms with Gasteiger partial charge in [0.05, 0.1) is 11.2 Å². The maximum atomic E-state index is 15.6. The van der Waals surface area contributed by atoms with Crippen LogP contribution in [0.15, 0.2) is 241 Å². The summed E-state index contributed by atoms with van der Waals surface area (Å²) in [6.45, 7) is 0. The molecule has 12 rings (SSSR count). The van der Waals surface area contributed by atoms with E-state index in [-0.39, 0.29) is 0 Å². The number of rotatable bonds is 8. The Hall–Kier alpha value is -8.04. The molecular weight excluding hydrogens is 800 g/mol. The zero-order valence-electron chi connectivity index (χ0n) is 34.7. The van der Waals surface area contributed by atoms with Crippen molar-refractivity contribution in [1.29, 1.82) is 0 Å². The highest BCUT2D eigenvalue weighted by Crippen LogP contribution is 2.45. The van der Waals surface area contributed by atoms with Crippen LogP contribution >= 0.6 is 7.14 Å². The molecule has 0 aliphatic carbocycles. The molecule has 0 N–H and O–H groups in total. The molecule has 4 nitrogen and oxygen atoms in total. The molecule has 0 amide bonds. The predicted octanol–water partition coefficient (Wildman–Crippen LogP) is 14.9. The molecule has 2 heterocycles. The van der Waals surface area contributed by atoms with Gasteiger partial charge in [0.25, 0.3) is 0 Å². The number of nitrogens with zero attached hydrogens (tertiary/aromatic N) is 2. The molecule has 0 aliphatic heterocycles. The van der Waals surface area contributed by atoms with Gasteiger partial charge in [-0.15, -0.1) is 0 Å². The Kier molecular flexibility index (Phi) is 9.07. The number of para-hydroxylation sites is 2. The minimum atomic E-state index is -3.23. The molecule has 0 saturated carbocycles. The van der Waals surface area contributed by atoms with Gasteiger partial charge in [0.2, 0.25) is 0 Å². The highest BCUT2D eigenvalue weighted by molar-refractivity contribution is 7.85. The summed E-state index contributed by atoms with van der Waals surface area (Å²) in [6, 6.07) is 81.5. The molecular formula is C59H39N2O2P. The smallest absolute Gasteiger partial charge is 0.171 e. The van der Waals surface area contributed by atoms with Crippen molar-refractivity contribution in [3.05, 3.63) is 237 Å². The third-order valence-corrected chi connectivity index (χ3v) is 15.6. The van der Waals surface area contributed by atoms with Crippen LogP contribution in [0.2, 0.25) is 0 Å². The topological polar surface area (TPSA) is 46.3 Å². The molecule has 0 saturated heterocycles. The van der Waals surface area contributed by atoms with Gasteiger partial charge in [-0.3, -0.25) is 0 Å². The minimum Gasteiger partial charge on any atom is -0.456 e. The third kappa shape index (κ3) is 6.30. The first-order chi connectivity index (χ1) is 31.6. The highest BCUT2D eigenvalue weighted by Gasteiger charge is 2.30. The van der Waals surface area contributed by atoms with E-state index in [2.05, 4.69) is 157 Å². The van der Waals surface area contributed by atoms with E-state index in [1.165, 1.54) is 0 Å². The number of pyridine rings is 1. The number of anilines is 3. The average molecular weight is 839 g/mol. The lowest BCUT2D eigenvalue weighted by molar-refractivity contribution is 0.592. The molecule has 0 bridgehead atoms. The number of fused-ring (bicyclic) bond motifs is 8. The van der Waals surface area contributed by atoms with Gasteiger partial charge in [-0.2, -0.15) is 0 Å². The van der Waals surface area contributed by atoms with Crippen LogP contribution < -0.4 is 20.8 Å². The summed E-state index contributed by atoms with van der Waals surface area (Å²) in [6.07, 6.45) is 0. The van der Waals surface area contributed by atoms with Gasteiger partial charge in [0.1, 0.15) is 11.2 Å². The number of aromatic nitrogens is 1. The summed E-state index contributed by atoms with van der Waals surface area (Å²) in [5.41, 5.74) is 9.92. The van der Waals surface area contributed by atoms with Crippen LogP contribution in [-0.4, -0.2) is 4.98 Å². The monoisotopic (exact) mass is 838 g/mol. The van der Waals surface area contributed by atoms with Crippen LogP contribution in [-0.2, 0) is 4.57 Å².